The lowest BCUT2D eigenvalue weighted by molar-refractivity contribution is -0.138. The summed E-state index contributed by atoms with van der Waals surface area (Å²) in [5, 5.41) is 11.0. The molecule has 6 heteroatoms. The van der Waals surface area contributed by atoms with Gasteiger partial charge in [0.2, 0.25) is 5.91 Å². The van der Waals surface area contributed by atoms with Gasteiger partial charge in [-0.3, -0.25) is 4.79 Å². The van der Waals surface area contributed by atoms with E-state index in [9.17, 15) is 18.0 Å². The molecule has 0 saturated heterocycles. The molecule has 19 heavy (non-hydrogen) atoms. The fourth-order valence-electron chi connectivity index (χ4n) is 1.63. The minimum absolute atomic E-state index is 0.00393. The molecule has 0 aliphatic carbocycles. The van der Waals surface area contributed by atoms with Crippen LogP contribution in [0.1, 0.15) is 30.4 Å². The van der Waals surface area contributed by atoms with Crippen molar-refractivity contribution in [1.82, 2.24) is 0 Å². The van der Waals surface area contributed by atoms with E-state index in [0.717, 1.165) is 6.07 Å². The molecule has 0 aliphatic heterocycles. The molecule has 2 N–H and O–H groups in total. The lowest BCUT2D eigenvalue weighted by atomic mass is 10.1. The van der Waals surface area contributed by atoms with Gasteiger partial charge < -0.3 is 10.4 Å². The predicted octanol–water partition coefficient (Wildman–Crippen LogP) is 3.11. The minimum Gasteiger partial charge on any atom is -0.396 e. The molecule has 0 unspecified atom stereocenters. The number of unbranched alkanes of at least 4 members (excludes halogenated alkanes) is 1. The molecule has 0 radical (unpaired) electrons. The number of aryl methyl sites for hydroxylation is 1. The van der Waals surface area contributed by atoms with Crippen molar-refractivity contribution in [2.75, 3.05) is 11.9 Å². The predicted molar refractivity (Wildman–Crippen MR) is 65.7 cm³/mol. The van der Waals surface area contributed by atoms with Crippen molar-refractivity contribution < 1.29 is 23.1 Å². The van der Waals surface area contributed by atoms with Gasteiger partial charge in [-0.15, -0.1) is 0 Å². The third-order valence-electron chi connectivity index (χ3n) is 2.64. The molecule has 1 rings (SSSR count). The number of halogens is 3. The van der Waals surface area contributed by atoms with Crippen molar-refractivity contribution in [2.45, 2.75) is 32.4 Å². The summed E-state index contributed by atoms with van der Waals surface area (Å²) < 4.78 is 38.0. The van der Waals surface area contributed by atoms with Crippen LogP contribution in [-0.4, -0.2) is 17.6 Å². The summed E-state index contributed by atoms with van der Waals surface area (Å²) in [4.78, 5) is 11.5. The fourth-order valence-corrected chi connectivity index (χ4v) is 1.63. The van der Waals surface area contributed by atoms with E-state index in [0.29, 0.717) is 12.8 Å². The molecule has 1 amide bonds. The van der Waals surface area contributed by atoms with Crippen molar-refractivity contribution in [1.29, 1.82) is 0 Å². The molecule has 0 spiro atoms. The van der Waals surface area contributed by atoms with Crippen LogP contribution in [0, 0.1) is 6.92 Å². The van der Waals surface area contributed by atoms with E-state index in [1.807, 2.05) is 0 Å². The molecule has 1 aromatic rings. The number of aliphatic hydroxyl groups is 1. The number of anilines is 1. The summed E-state index contributed by atoms with van der Waals surface area (Å²) >= 11 is 0. The zero-order valence-corrected chi connectivity index (χ0v) is 10.5. The van der Waals surface area contributed by atoms with Gasteiger partial charge in [-0.2, -0.15) is 13.2 Å². The summed E-state index contributed by atoms with van der Waals surface area (Å²) in [6.45, 7) is 1.37. The van der Waals surface area contributed by atoms with Crippen molar-refractivity contribution >= 4 is 11.6 Å². The molecule has 0 fully saturated rings. The fraction of sp³-hybridized carbons (Fsp3) is 0.462. The number of carbonyl (C=O) groups excluding carboxylic acids is 1. The highest BCUT2D eigenvalue weighted by Gasteiger charge is 2.32. The van der Waals surface area contributed by atoms with Crippen LogP contribution in [0.15, 0.2) is 18.2 Å². The number of aliphatic hydroxyl groups excluding tert-OH is 1. The Morgan fingerprint density at radius 1 is 1.32 bits per heavy atom. The zero-order chi connectivity index (χ0) is 14.5. The highest BCUT2D eigenvalue weighted by atomic mass is 19.4. The first-order chi connectivity index (χ1) is 8.84. The molecule has 3 nitrogen and oxygen atoms in total. The van der Waals surface area contributed by atoms with E-state index < -0.39 is 11.7 Å². The second-order valence-corrected chi connectivity index (χ2v) is 4.26. The molecule has 0 heterocycles. The number of nitrogens with one attached hydrogen (secondary N) is 1. The Morgan fingerprint density at radius 3 is 2.58 bits per heavy atom. The van der Waals surface area contributed by atoms with E-state index >= 15 is 0 Å². The summed E-state index contributed by atoms with van der Waals surface area (Å²) in [6.07, 6.45) is -3.26. The Labute approximate surface area is 109 Å². The third-order valence-corrected chi connectivity index (χ3v) is 2.64. The molecule has 106 valence electrons. The van der Waals surface area contributed by atoms with Gasteiger partial charge in [0.05, 0.1) is 5.56 Å². The molecular formula is C13H16F3NO2. The number of hydrogen-bond donors (Lipinski definition) is 2. The average Bonchev–Trinajstić information content (AvgIpc) is 2.30. The molecule has 1 aromatic carbocycles. The first-order valence-electron chi connectivity index (χ1n) is 5.93. The second kappa shape index (κ2) is 6.56. The normalized spacial score (nSPS) is 11.4. The highest BCUT2D eigenvalue weighted by Crippen LogP contribution is 2.33. The maximum atomic E-state index is 12.7. The SMILES string of the molecule is Cc1ccc(NC(=O)CCCCO)cc1C(F)(F)F. The van der Waals surface area contributed by atoms with Crippen LogP contribution in [0.25, 0.3) is 0 Å². The van der Waals surface area contributed by atoms with E-state index in [4.69, 9.17) is 5.11 Å². The Hall–Kier alpha value is -1.56. The molecule has 0 atom stereocenters. The summed E-state index contributed by atoms with van der Waals surface area (Å²) in [7, 11) is 0. The number of alkyl halides is 3. The molecule has 0 saturated carbocycles. The van der Waals surface area contributed by atoms with Crippen molar-refractivity contribution in [3.05, 3.63) is 29.3 Å². The van der Waals surface area contributed by atoms with Gasteiger partial charge in [0, 0.05) is 18.7 Å². The van der Waals surface area contributed by atoms with Crippen molar-refractivity contribution in [2.24, 2.45) is 0 Å². The van der Waals surface area contributed by atoms with Gasteiger partial charge in [-0.05, 0) is 37.5 Å². The zero-order valence-electron chi connectivity index (χ0n) is 10.5. The van der Waals surface area contributed by atoms with Crippen LogP contribution >= 0.6 is 0 Å². The Kier molecular flexibility index (Phi) is 5.35. The topological polar surface area (TPSA) is 49.3 Å². The highest BCUT2D eigenvalue weighted by molar-refractivity contribution is 5.90. The third kappa shape index (κ3) is 4.90. The molecule has 0 aliphatic rings. The first kappa shape index (κ1) is 15.5. The lowest BCUT2D eigenvalue weighted by Gasteiger charge is -2.12. The van der Waals surface area contributed by atoms with Crippen molar-refractivity contribution in [3.8, 4) is 0 Å². The smallest absolute Gasteiger partial charge is 0.396 e. The quantitative estimate of drug-likeness (QED) is 0.811. The average molecular weight is 275 g/mol. The van der Waals surface area contributed by atoms with E-state index in [2.05, 4.69) is 5.32 Å². The Balaban J connectivity index is 2.72. The van der Waals surface area contributed by atoms with Gasteiger partial charge in [-0.1, -0.05) is 6.07 Å². The Morgan fingerprint density at radius 2 is 2.00 bits per heavy atom. The Bertz CT molecular complexity index is 444. The first-order valence-corrected chi connectivity index (χ1v) is 5.93. The van der Waals surface area contributed by atoms with Crippen LogP contribution in [-0.2, 0) is 11.0 Å². The number of rotatable bonds is 5. The molecule has 0 aromatic heterocycles. The van der Waals surface area contributed by atoms with Crippen LogP contribution < -0.4 is 5.32 Å². The summed E-state index contributed by atoms with van der Waals surface area (Å²) in [6, 6.07) is 3.69. The standard InChI is InChI=1S/C13H16F3NO2/c1-9-5-6-10(8-11(9)13(14,15)16)17-12(19)4-2-3-7-18/h5-6,8,18H,2-4,7H2,1H3,(H,17,19). The van der Waals surface area contributed by atoms with Crippen LogP contribution in [0.4, 0.5) is 18.9 Å². The summed E-state index contributed by atoms with van der Waals surface area (Å²) in [5.74, 6) is -0.356. The second-order valence-electron chi connectivity index (χ2n) is 4.26. The summed E-state index contributed by atoms with van der Waals surface area (Å²) in [5.41, 5.74) is -0.502. The molecular weight excluding hydrogens is 259 g/mol. The number of benzene rings is 1. The largest absolute Gasteiger partial charge is 0.416 e. The number of amides is 1. The molecule has 0 bridgehead atoms. The van der Waals surface area contributed by atoms with Crippen LogP contribution in [0.3, 0.4) is 0 Å². The van der Waals surface area contributed by atoms with Gasteiger partial charge in [-0.25, -0.2) is 0 Å². The van der Waals surface area contributed by atoms with Crippen LogP contribution in [0.2, 0.25) is 0 Å². The minimum atomic E-state index is -4.43. The van der Waals surface area contributed by atoms with Crippen LogP contribution in [0.5, 0.6) is 0 Å². The van der Waals surface area contributed by atoms with Gasteiger partial charge in [0.25, 0.3) is 0 Å². The monoisotopic (exact) mass is 275 g/mol. The van der Waals surface area contributed by atoms with E-state index in [-0.39, 0.29) is 30.2 Å². The van der Waals surface area contributed by atoms with Gasteiger partial charge >= 0.3 is 6.18 Å². The number of carbonyl (C=O) groups is 1. The van der Waals surface area contributed by atoms with Crippen molar-refractivity contribution in [3.63, 3.8) is 0 Å². The number of hydrogen-bond acceptors (Lipinski definition) is 2. The maximum Gasteiger partial charge on any atom is 0.416 e. The van der Waals surface area contributed by atoms with E-state index in [1.165, 1.54) is 19.1 Å². The van der Waals surface area contributed by atoms with Gasteiger partial charge in [0.15, 0.2) is 0 Å². The maximum absolute atomic E-state index is 12.7. The van der Waals surface area contributed by atoms with Gasteiger partial charge in [0.1, 0.15) is 0 Å². The van der Waals surface area contributed by atoms with E-state index in [1.54, 1.807) is 0 Å². The lowest BCUT2D eigenvalue weighted by Crippen LogP contribution is -2.13.